The molecule has 176 valence electrons. The molecule has 3 rings (SSSR count). The van der Waals surface area contributed by atoms with Crippen LogP contribution >= 0.6 is 27.7 Å². The number of carbonyl (C=O) groups is 1. The fourth-order valence-electron chi connectivity index (χ4n) is 3.39. The Morgan fingerprint density at radius 1 is 1.09 bits per heavy atom. The van der Waals surface area contributed by atoms with E-state index in [1.807, 2.05) is 49.4 Å². The zero-order valence-corrected chi connectivity index (χ0v) is 21.9. The monoisotopic (exact) mass is 530 g/mol. The Morgan fingerprint density at radius 2 is 1.82 bits per heavy atom. The second kappa shape index (κ2) is 12.8. The summed E-state index contributed by atoms with van der Waals surface area (Å²) in [5.74, 6) is 1.17. The van der Waals surface area contributed by atoms with Gasteiger partial charge in [-0.1, -0.05) is 56.7 Å². The lowest BCUT2D eigenvalue weighted by Crippen LogP contribution is -2.19. The standard InChI is InChI=1S/C26H31BrN2O3S/c1-4-5-6-7-8-9-14-32-24-21(27)15-19(16-22(24)31-3)17-23-25(30)29-26(33-23)28-20-12-10-18(2)11-13-20/h10-13,15-17H,4-9,14H2,1-3H3,(H,28,29,30)/b23-17+. The van der Waals surface area contributed by atoms with Gasteiger partial charge in [0.25, 0.3) is 5.91 Å². The number of ether oxygens (including phenoxy) is 2. The summed E-state index contributed by atoms with van der Waals surface area (Å²) in [7, 11) is 1.62. The molecule has 1 amide bonds. The van der Waals surface area contributed by atoms with Crippen molar-refractivity contribution in [3.05, 3.63) is 56.9 Å². The first-order valence-corrected chi connectivity index (χ1v) is 13.0. The summed E-state index contributed by atoms with van der Waals surface area (Å²) in [6, 6.07) is 11.7. The van der Waals surface area contributed by atoms with Gasteiger partial charge in [-0.25, -0.2) is 4.99 Å². The van der Waals surface area contributed by atoms with Crippen LogP contribution in [0.3, 0.4) is 0 Å². The predicted octanol–water partition coefficient (Wildman–Crippen LogP) is 7.40. The van der Waals surface area contributed by atoms with Crippen molar-refractivity contribution in [3.63, 3.8) is 0 Å². The Bertz CT molecular complexity index is 1020. The highest BCUT2D eigenvalue weighted by atomic mass is 79.9. The van der Waals surface area contributed by atoms with Gasteiger partial charge in [0, 0.05) is 0 Å². The first kappa shape index (κ1) is 25.4. The van der Waals surface area contributed by atoms with Crippen LogP contribution in [0.4, 0.5) is 5.69 Å². The average Bonchev–Trinajstić information content (AvgIpc) is 3.14. The topological polar surface area (TPSA) is 59.9 Å². The molecule has 1 fully saturated rings. The number of benzene rings is 2. The minimum Gasteiger partial charge on any atom is -0.493 e. The van der Waals surface area contributed by atoms with Crippen LogP contribution in [0.15, 0.2) is 50.8 Å². The van der Waals surface area contributed by atoms with Gasteiger partial charge in [-0.2, -0.15) is 0 Å². The van der Waals surface area contributed by atoms with E-state index in [0.29, 0.717) is 28.2 Å². The van der Waals surface area contributed by atoms with Gasteiger partial charge in [0.05, 0.1) is 28.8 Å². The maximum atomic E-state index is 12.5. The maximum Gasteiger partial charge on any atom is 0.264 e. The second-order valence-electron chi connectivity index (χ2n) is 7.97. The molecule has 0 saturated carbocycles. The highest BCUT2D eigenvalue weighted by Crippen LogP contribution is 2.38. The van der Waals surface area contributed by atoms with Crippen LogP contribution < -0.4 is 14.8 Å². The third-order valence-electron chi connectivity index (χ3n) is 5.21. The summed E-state index contributed by atoms with van der Waals surface area (Å²) in [4.78, 5) is 17.6. The van der Waals surface area contributed by atoms with Crippen LogP contribution in [0.1, 0.15) is 56.6 Å². The number of unbranched alkanes of at least 4 members (excludes halogenated alkanes) is 5. The van der Waals surface area contributed by atoms with Crippen molar-refractivity contribution in [2.75, 3.05) is 13.7 Å². The number of rotatable bonds is 11. The normalized spacial score (nSPS) is 15.8. The van der Waals surface area contributed by atoms with Crippen molar-refractivity contribution < 1.29 is 14.3 Å². The number of aryl methyl sites for hydroxylation is 1. The van der Waals surface area contributed by atoms with Crippen molar-refractivity contribution in [3.8, 4) is 11.5 Å². The first-order valence-electron chi connectivity index (χ1n) is 11.4. The second-order valence-corrected chi connectivity index (χ2v) is 9.85. The number of hydrogen-bond acceptors (Lipinski definition) is 5. The third kappa shape index (κ3) is 7.64. The number of aliphatic imine (C=N–C) groups is 1. The van der Waals surface area contributed by atoms with E-state index in [1.54, 1.807) is 7.11 Å². The van der Waals surface area contributed by atoms with Gasteiger partial charge in [0.1, 0.15) is 0 Å². The zero-order valence-electron chi connectivity index (χ0n) is 19.4. The molecule has 7 heteroatoms. The van der Waals surface area contributed by atoms with E-state index in [9.17, 15) is 4.79 Å². The average molecular weight is 532 g/mol. The molecule has 0 aromatic heterocycles. The SMILES string of the molecule is CCCCCCCCOc1c(Br)cc(/C=C2/SC(=Nc3ccc(C)cc3)NC2=O)cc1OC. The molecule has 33 heavy (non-hydrogen) atoms. The van der Waals surface area contributed by atoms with Crippen molar-refractivity contribution in [2.45, 2.75) is 52.4 Å². The molecule has 1 saturated heterocycles. The Hall–Kier alpha value is -2.25. The van der Waals surface area contributed by atoms with Gasteiger partial charge in [0.15, 0.2) is 16.7 Å². The Kier molecular flexibility index (Phi) is 9.88. The molecule has 0 atom stereocenters. The summed E-state index contributed by atoms with van der Waals surface area (Å²) < 4.78 is 12.4. The lowest BCUT2D eigenvalue weighted by atomic mass is 10.1. The van der Waals surface area contributed by atoms with Crippen LogP contribution in [-0.4, -0.2) is 24.8 Å². The molecule has 1 aliphatic heterocycles. The summed E-state index contributed by atoms with van der Waals surface area (Å²) in [5.41, 5.74) is 2.82. The van der Waals surface area contributed by atoms with Gasteiger partial charge in [-0.05, 0) is 76.9 Å². The fraction of sp³-hybridized carbons (Fsp3) is 0.385. The minimum absolute atomic E-state index is 0.163. The highest BCUT2D eigenvalue weighted by molar-refractivity contribution is 9.10. The zero-order chi connectivity index (χ0) is 23.6. The Morgan fingerprint density at radius 3 is 2.55 bits per heavy atom. The quantitative estimate of drug-likeness (QED) is 0.243. The van der Waals surface area contributed by atoms with Crippen molar-refractivity contribution >= 4 is 50.5 Å². The molecule has 1 heterocycles. The highest BCUT2D eigenvalue weighted by Gasteiger charge is 2.24. The number of amides is 1. The molecule has 1 aliphatic rings. The lowest BCUT2D eigenvalue weighted by Gasteiger charge is -2.13. The number of carbonyl (C=O) groups excluding carboxylic acids is 1. The van der Waals surface area contributed by atoms with Crippen LogP contribution in [0.5, 0.6) is 11.5 Å². The molecule has 0 unspecified atom stereocenters. The van der Waals surface area contributed by atoms with Gasteiger partial charge in [0.2, 0.25) is 0 Å². The first-order chi connectivity index (χ1) is 16.0. The Balaban J connectivity index is 1.66. The molecule has 5 nitrogen and oxygen atoms in total. The van der Waals surface area contributed by atoms with E-state index in [1.165, 1.54) is 49.4 Å². The number of nitrogens with zero attached hydrogens (tertiary/aromatic N) is 1. The molecule has 2 aromatic carbocycles. The molecule has 0 spiro atoms. The van der Waals surface area contributed by atoms with E-state index >= 15 is 0 Å². The van der Waals surface area contributed by atoms with Crippen LogP contribution in [0.25, 0.3) is 6.08 Å². The number of nitrogens with one attached hydrogen (secondary N) is 1. The van der Waals surface area contributed by atoms with Crippen LogP contribution in [-0.2, 0) is 4.79 Å². The van der Waals surface area contributed by atoms with Gasteiger partial charge < -0.3 is 14.8 Å². The molecule has 2 aromatic rings. The van der Waals surface area contributed by atoms with E-state index < -0.39 is 0 Å². The molecular weight excluding hydrogens is 500 g/mol. The van der Waals surface area contributed by atoms with E-state index in [0.717, 1.165) is 22.1 Å². The molecular formula is C26H31BrN2O3S. The van der Waals surface area contributed by atoms with E-state index in [2.05, 4.69) is 33.2 Å². The number of amidine groups is 1. The molecule has 0 radical (unpaired) electrons. The molecule has 1 N–H and O–H groups in total. The largest absolute Gasteiger partial charge is 0.493 e. The predicted molar refractivity (Wildman–Crippen MR) is 142 cm³/mol. The smallest absolute Gasteiger partial charge is 0.264 e. The fourth-order valence-corrected chi connectivity index (χ4v) is 4.80. The van der Waals surface area contributed by atoms with Crippen molar-refractivity contribution in [2.24, 2.45) is 4.99 Å². The van der Waals surface area contributed by atoms with Crippen LogP contribution in [0.2, 0.25) is 0 Å². The lowest BCUT2D eigenvalue weighted by molar-refractivity contribution is -0.115. The van der Waals surface area contributed by atoms with Gasteiger partial charge >= 0.3 is 0 Å². The van der Waals surface area contributed by atoms with E-state index in [4.69, 9.17) is 9.47 Å². The van der Waals surface area contributed by atoms with Crippen molar-refractivity contribution in [1.82, 2.24) is 5.32 Å². The molecule has 0 bridgehead atoms. The maximum absolute atomic E-state index is 12.5. The summed E-state index contributed by atoms with van der Waals surface area (Å²) >= 11 is 4.93. The van der Waals surface area contributed by atoms with Gasteiger partial charge in [-0.15, -0.1) is 0 Å². The number of halogens is 1. The minimum atomic E-state index is -0.163. The Labute approximate surface area is 209 Å². The summed E-state index contributed by atoms with van der Waals surface area (Å²) in [5, 5.41) is 3.40. The third-order valence-corrected chi connectivity index (χ3v) is 6.71. The summed E-state index contributed by atoms with van der Waals surface area (Å²) in [6.07, 6.45) is 9.11. The number of hydrogen-bond donors (Lipinski definition) is 1. The molecule has 0 aliphatic carbocycles. The van der Waals surface area contributed by atoms with Crippen molar-refractivity contribution in [1.29, 1.82) is 0 Å². The van der Waals surface area contributed by atoms with Gasteiger partial charge in [-0.3, -0.25) is 4.79 Å². The number of methoxy groups -OCH3 is 1. The number of thioether (sulfide) groups is 1. The van der Waals surface area contributed by atoms with E-state index in [-0.39, 0.29) is 5.91 Å². The van der Waals surface area contributed by atoms with Crippen LogP contribution in [0, 0.1) is 6.92 Å². The summed E-state index contributed by atoms with van der Waals surface area (Å²) in [6.45, 7) is 4.90.